The maximum Gasteiger partial charge on any atom is 0.343 e. The van der Waals surface area contributed by atoms with Crippen molar-refractivity contribution in [3.63, 3.8) is 0 Å². The lowest BCUT2D eigenvalue weighted by atomic mass is 10.2. The van der Waals surface area contributed by atoms with Crippen molar-refractivity contribution in [2.45, 2.75) is 19.9 Å². The van der Waals surface area contributed by atoms with Gasteiger partial charge in [-0.15, -0.1) is 0 Å². The van der Waals surface area contributed by atoms with Crippen LogP contribution in [0.3, 0.4) is 0 Å². The molecule has 2 aromatic rings. The molecule has 0 saturated carbocycles. The Balaban J connectivity index is 2.01. The van der Waals surface area contributed by atoms with Crippen LogP contribution in [0.25, 0.3) is 0 Å². The summed E-state index contributed by atoms with van der Waals surface area (Å²) < 4.78 is 5.23. The second-order valence-corrected chi connectivity index (χ2v) is 6.20. The number of hydrogen-bond donors (Lipinski definition) is 2. The minimum absolute atomic E-state index is 0.0313. The number of hydrogen-bond acceptors (Lipinski definition) is 3. The number of amides is 2. The summed E-state index contributed by atoms with van der Waals surface area (Å²) in [5, 5.41) is 6.12. The largest absolute Gasteiger partial charge is 0.423 e. The van der Waals surface area contributed by atoms with Gasteiger partial charge in [0.15, 0.2) is 0 Å². The lowest BCUT2D eigenvalue weighted by molar-refractivity contribution is 0.0735. The Bertz CT molecular complexity index is 726. The van der Waals surface area contributed by atoms with Gasteiger partial charge in [0.1, 0.15) is 5.75 Å². The Labute approximate surface area is 149 Å². The van der Waals surface area contributed by atoms with Crippen LogP contribution >= 0.6 is 23.2 Å². The van der Waals surface area contributed by atoms with Crippen molar-refractivity contribution in [1.29, 1.82) is 0 Å². The summed E-state index contributed by atoms with van der Waals surface area (Å²) in [5.74, 6) is -0.289. The van der Waals surface area contributed by atoms with E-state index in [4.69, 9.17) is 27.9 Å². The molecule has 0 unspecified atom stereocenters. The van der Waals surface area contributed by atoms with Gasteiger partial charge in [0.25, 0.3) is 0 Å². The highest BCUT2D eigenvalue weighted by atomic mass is 35.5. The van der Waals surface area contributed by atoms with Crippen molar-refractivity contribution in [3.05, 3.63) is 58.1 Å². The van der Waals surface area contributed by atoms with E-state index >= 15 is 0 Å². The van der Waals surface area contributed by atoms with Crippen molar-refractivity contribution in [3.8, 4) is 5.75 Å². The van der Waals surface area contributed by atoms with E-state index in [1.54, 1.807) is 30.3 Å². The predicted octanol–water partition coefficient (Wildman–Crippen LogP) is 4.74. The number of halogens is 2. The first-order valence-corrected chi connectivity index (χ1v) is 7.95. The van der Waals surface area contributed by atoms with Gasteiger partial charge in [-0.2, -0.15) is 0 Å². The molecule has 2 aromatic carbocycles. The normalized spacial score (nSPS) is 10.4. The van der Waals surface area contributed by atoms with Crippen molar-refractivity contribution in [2.24, 2.45) is 0 Å². The van der Waals surface area contributed by atoms with Gasteiger partial charge in [0, 0.05) is 21.8 Å². The molecule has 0 aliphatic carbocycles. The van der Waals surface area contributed by atoms with E-state index in [-0.39, 0.29) is 17.8 Å². The van der Waals surface area contributed by atoms with Crippen LogP contribution in [0.1, 0.15) is 24.2 Å². The lowest BCUT2D eigenvalue weighted by Gasteiger charge is -2.10. The van der Waals surface area contributed by atoms with E-state index in [1.807, 2.05) is 13.8 Å². The smallest absolute Gasteiger partial charge is 0.343 e. The highest BCUT2D eigenvalue weighted by molar-refractivity contribution is 6.34. The molecule has 2 rings (SSSR count). The molecule has 0 atom stereocenters. The zero-order chi connectivity index (χ0) is 17.7. The Hall–Kier alpha value is -2.24. The third kappa shape index (κ3) is 5.44. The molecule has 0 spiro atoms. The molecule has 0 fully saturated rings. The van der Waals surface area contributed by atoms with Crippen molar-refractivity contribution in [1.82, 2.24) is 5.32 Å². The minimum Gasteiger partial charge on any atom is -0.423 e. The van der Waals surface area contributed by atoms with Gasteiger partial charge >= 0.3 is 12.0 Å². The van der Waals surface area contributed by atoms with Crippen LogP contribution in [-0.2, 0) is 0 Å². The van der Waals surface area contributed by atoms with E-state index in [1.165, 1.54) is 12.1 Å². The first kappa shape index (κ1) is 18.1. The predicted molar refractivity (Wildman–Crippen MR) is 95.2 cm³/mol. The number of carbonyl (C=O) groups excluding carboxylic acids is 2. The highest BCUT2D eigenvalue weighted by Gasteiger charge is 2.10. The molecule has 0 bridgehead atoms. The molecule has 5 nitrogen and oxygen atoms in total. The van der Waals surface area contributed by atoms with Gasteiger partial charge in [-0.05, 0) is 56.3 Å². The van der Waals surface area contributed by atoms with Crippen LogP contribution in [-0.4, -0.2) is 18.0 Å². The zero-order valence-electron chi connectivity index (χ0n) is 13.1. The van der Waals surface area contributed by atoms with Crippen molar-refractivity contribution in [2.75, 3.05) is 5.32 Å². The first-order chi connectivity index (χ1) is 11.3. The number of benzene rings is 2. The maximum atomic E-state index is 12.1. The summed E-state index contributed by atoms with van der Waals surface area (Å²) in [7, 11) is 0. The number of ether oxygens (including phenoxy) is 1. The second kappa shape index (κ2) is 8.04. The van der Waals surface area contributed by atoms with Gasteiger partial charge in [0.2, 0.25) is 0 Å². The summed E-state index contributed by atoms with van der Waals surface area (Å²) in [6, 6.07) is 10.6. The highest BCUT2D eigenvalue weighted by Crippen LogP contribution is 2.25. The average molecular weight is 367 g/mol. The third-order valence-corrected chi connectivity index (χ3v) is 3.28. The van der Waals surface area contributed by atoms with Crippen molar-refractivity contribution >= 4 is 40.9 Å². The summed E-state index contributed by atoms with van der Waals surface area (Å²) in [6.45, 7) is 3.72. The Kier molecular flexibility index (Phi) is 6.06. The number of urea groups is 1. The fourth-order valence-electron chi connectivity index (χ4n) is 1.87. The lowest BCUT2D eigenvalue weighted by Crippen LogP contribution is -2.34. The van der Waals surface area contributed by atoms with Gasteiger partial charge in [-0.3, -0.25) is 0 Å². The van der Waals surface area contributed by atoms with Crippen LogP contribution in [0.2, 0.25) is 10.0 Å². The fraction of sp³-hybridized carbons (Fsp3) is 0.176. The van der Waals surface area contributed by atoms with Crippen LogP contribution < -0.4 is 15.4 Å². The quantitative estimate of drug-likeness (QED) is 0.606. The minimum atomic E-state index is -0.550. The molecular formula is C17H16Cl2N2O3. The molecule has 0 aliphatic rings. The van der Waals surface area contributed by atoms with Crippen LogP contribution in [0.15, 0.2) is 42.5 Å². The van der Waals surface area contributed by atoms with Crippen LogP contribution in [0.4, 0.5) is 10.5 Å². The third-order valence-electron chi connectivity index (χ3n) is 2.84. The summed E-state index contributed by atoms with van der Waals surface area (Å²) in [5.41, 5.74) is 0.899. The van der Waals surface area contributed by atoms with E-state index in [0.717, 1.165) is 0 Å². The molecular weight excluding hydrogens is 351 g/mol. The Morgan fingerprint density at radius 3 is 2.12 bits per heavy atom. The van der Waals surface area contributed by atoms with Crippen LogP contribution in [0, 0.1) is 0 Å². The molecule has 0 heterocycles. The van der Waals surface area contributed by atoms with Gasteiger partial charge in [0.05, 0.1) is 5.56 Å². The molecule has 0 aromatic heterocycles. The summed E-state index contributed by atoms with van der Waals surface area (Å²) in [6.07, 6.45) is 0. The summed E-state index contributed by atoms with van der Waals surface area (Å²) in [4.78, 5) is 23.7. The Morgan fingerprint density at radius 2 is 1.58 bits per heavy atom. The number of carbonyl (C=O) groups is 2. The maximum absolute atomic E-state index is 12.1. The number of anilines is 1. The number of nitrogens with one attached hydrogen (secondary N) is 2. The zero-order valence-corrected chi connectivity index (χ0v) is 14.6. The molecule has 0 radical (unpaired) electrons. The molecule has 2 amide bonds. The molecule has 7 heteroatoms. The first-order valence-electron chi connectivity index (χ1n) is 7.19. The van der Waals surface area contributed by atoms with Crippen LogP contribution in [0.5, 0.6) is 5.75 Å². The van der Waals surface area contributed by atoms with Crippen molar-refractivity contribution < 1.29 is 14.3 Å². The molecule has 0 saturated heterocycles. The molecule has 24 heavy (non-hydrogen) atoms. The number of rotatable bonds is 4. The second-order valence-electron chi connectivity index (χ2n) is 5.33. The van der Waals surface area contributed by atoms with E-state index in [2.05, 4.69) is 10.6 Å². The molecule has 126 valence electrons. The summed E-state index contributed by atoms with van der Waals surface area (Å²) >= 11 is 11.7. The fourth-order valence-corrected chi connectivity index (χ4v) is 2.38. The molecule has 2 N–H and O–H groups in total. The van der Waals surface area contributed by atoms with Gasteiger partial charge < -0.3 is 15.4 Å². The average Bonchev–Trinajstić information content (AvgIpc) is 2.45. The van der Waals surface area contributed by atoms with E-state index in [0.29, 0.717) is 21.3 Å². The van der Waals surface area contributed by atoms with E-state index < -0.39 is 5.97 Å². The Morgan fingerprint density at radius 1 is 1.00 bits per heavy atom. The topological polar surface area (TPSA) is 67.4 Å². The van der Waals surface area contributed by atoms with Gasteiger partial charge in [-0.1, -0.05) is 23.2 Å². The SMILES string of the molecule is CC(C)NC(=O)Nc1ccc(C(=O)Oc2cc(Cl)cc(Cl)c2)cc1. The van der Waals surface area contributed by atoms with E-state index in [9.17, 15) is 9.59 Å². The standard InChI is InChI=1S/C17H16Cl2N2O3/c1-10(2)20-17(23)21-14-5-3-11(4-6-14)16(22)24-15-8-12(18)7-13(19)9-15/h3-10H,1-2H3,(H2,20,21,23). The van der Waals surface area contributed by atoms with Gasteiger partial charge in [-0.25, -0.2) is 9.59 Å². The number of esters is 1. The monoisotopic (exact) mass is 366 g/mol. The molecule has 0 aliphatic heterocycles.